The fourth-order valence-corrected chi connectivity index (χ4v) is 5.06. The number of hydrogen-bond acceptors (Lipinski definition) is 6. The molecule has 1 aliphatic carbocycles. The van der Waals surface area contributed by atoms with E-state index in [1.54, 1.807) is 0 Å². The fraction of sp³-hybridized carbons (Fsp3) is 0.320. The number of nitrogens with zero attached hydrogens (tertiary/aromatic N) is 1. The second kappa shape index (κ2) is 8.10. The third-order valence-electron chi connectivity index (χ3n) is 6.44. The van der Waals surface area contributed by atoms with Crippen molar-refractivity contribution in [3.05, 3.63) is 69.9 Å². The van der Waals surface area contributed by atoms with Crippen LogP contribution >= 0.6 is 11.6 Å². The van der Waals surface area contributed by atoms with Gasteiger partial charge in [-0.15, -0.1) is 0 Å². The zero-order chi connectivity index (χ0) is 22.4. The van der Waals surface area contributed by atoms with Crippen molar-refractivity contribution in [1.82, 2.24) is 0 Å². The summed E-state index contributed by atoms with van der Waals surface area (Å²) in [5.41, 5.74) is 3.83. The molecule has 1 unspecified atom stereocenters. The molecule has 0 amide bonds. The highest BCUT2D eigenvalue weighted by Crippen LogP contribution is 2.48. The van der Waals surface area contributed by atoms with Gasteiger partial charge < -0.3 is 14.2 Å². The number of ketones is 1. The van der Waals surface area contributed by atoms with Crippen LogP contribution in [0.1, 0.15) is 42.7 Å². The zero-order valence-corrected chi connectivity index (χ0v) is 18.5. The Morgan fingerprint density at radius 3 is 2.53 bits per heavy atom. The van der Waals surface area contributed by atoms with Crippen molar-refractivity contribution in [3.63, 3.8) is 0 Å². The third-order valence-corrected chi connectivity index (χ3v) is 6.69. The van der Waals surface area contributed by atoms with Crippen LogP contribution in [0.25, 0.3) is 0 Å². The second-order valence-electron chi connectivity index (χ2n) is 8.28. The van der Waals surface area contributed by atoms with Crippen molar-refractivity contribution in [2.24, 2.45) is 10.9 Å². The molecule has 2 heterocycles. The number of fused-ring (bicyclic) bond motifs is 1. The molecule has 3 atom stereocenters. The number of benzene rings is 2. The Labute approximate surface area is 190 Å². The predicted molar refractivity (Wildman–Crippen MR) is 119 cm³/mol. The van der Waals surface area contributed by atoms with Crippen LogP contribution in [-0.2, 0) is 14.3 Å². The molecule has 0 saturated heterocycles. The van der Waals surface area contributed by atoms with Gasteiger partial charge in [0.05, 0.1) is 7.11 Å². The van der Waals surface area contributed by atoms with Gasteiger partial charge in [-0.3, -0.25) is 14.6 Å². The number of Topliss-reactive ketones (excluding diaryl/α,β-unsaturated/α-hetero) is 1. The highest BCUT2D eigenvalue weighted by atomic mass is 35.5. The first-order chi connectivity index (χ1) is 15.5. The van der Waals surface area contributed by atoms with Crippen LogP contribution in [0.15, 0.2) is 58.7 Å². The van der Waals surface area contributed by atoms with Crippen molar-refractivity contribution < 1.29 is 23.8 Å². The molecule has 5 rings (SSSR count). The topological polar surface area (TPSA) is 74.2 Å². The first-order valence-corrected chi connectivity index (χ1v) is 10.9. The quantitative estimate of drug-likeness (QED) is 0.625. The average Bonchev–Trinajstić information content (AvgIpc) is 3.26. The molecule has 0 aromatic heterocycles. The van der Waals surface area contributed by atoms with Crippen molar-refractivity contribution in [1.29, 1.82) is 0 Å². The van der Waals surface area contributed by atoms with Crippen LogP contribution < -0.4 is 9.47 Å². The van der Waals surface area contributed by atoms with E-state index in [1.165, 1.54) is 7.11 Å². The van der Waals surface area contributed by atoms with Crippen molar-refractivity contribution in [2.45, 2.75) is 31.6 Å². The molecule has 0 bridgehead atoms. The molecule has 32 heavy (non-hydrogen) atoms. The number of rotatable bonds is 3. The zero-order valence-electron chi connectivity index (χ0n) is 17.8. The lowest BCUT2D eigenvalue weighted by atomic mass is 9.69. The number of halogens is 1. The van der Waals surface area contributed by atoms with Gasteiger partial charge in [0.2, 0.25) is 6.79 Å². The molecule has 3 aliphatic rings. The number of allylic oxidation sites excluding steroid dienone is 2. The van der Waals surface area contributed by atoms with E-state index in [9.17, 15) is 9.59 Å². The van der Waals surface area contributed by atoms with Gasteiger partial charge in [0.1, 0.15) is 5.92 Å². The lowest BCUT2D eigenvalue weighted by Gasteiger charge is -2.36. The highest BCUT2D eigenvalue weighted by molar-refractivity contribution is 6.30. The molecule has 0 saturated carbocycles. The summed E-state index contributed by atoms with van der Waals surface area (Å²) >= 11 is 6.03. The maximum Gasteiger partial charge on any atom is 0.315 e. The molecule has 2 aliphatic heterocycles. The Balaban J connectivity index is 1.60. The van der Waals surface area contributed by atoms with E-state index in [0.717, 1.165) is 16.8 Å². The highest BCUT2D eigenvalue weighted by Gasteiger charge is 2.45. The van der Waals surface area contributed by atoms with Gasteiger partial charge in [0, 0.05) is 34.3 Å². The number of carbonyl (C=O) groups is 2. The number of hydrogen-bond donors (Lipinski definition) is 0. The van der Waals surface area contributed by atoms with Crippen molar-refractivity contribution >= 4 is 29.1 Å². The summed E-state index contributed by atoms with van der Waals surface area (Å²) in [6.07, 6.45) is 0.971. The maximum atomic E-state index is 13.5. The van der Waals surface area contributed by atoms with Gasteiger partial charge in [0.15, 0.2) is 17.3 Å². The molecule has 0 radical (unpaired) electrons. The molecule has 2 aromatic carbocycles. The molecular weight excluding hydrogens is 430 g/mol. The largest absolute Gasteiger partial charge is 0.468 e. The summed E-state index contributed by atoms with van der Waals surface area (Å²) in [4.78, 5) is 31.0. The molecule has 0 spiro atoms. The molecule has 2 aromatic rings. The first kappa shape index (κ1) is 20.8. The van der Waals surface area contributed by atoms with Crippen LogP contribution in [0.4, 0.5) is 0 Å². The lowest BCUT2D eigenvalue weighted by molar-refractivity contribution is -0.143. The number of aliphatic imine (C=N–C) groups is 1. The van der Waals surface area contributed by atoms with E-state index in [-0.39, 0.29) is 18.5 Å². The predicted octanol–water partition coefficient (Wildman–Crippen LogP) is 4.82. The van der Waals surface area contributed by atoms with Crippen LogP contribution in [0.3, 0.4) is 0 Å². The Hall–Kier alpha value is -3.12. The van der Waals surface area contributed by atoms with Gasteiger partial charge >= 0.3 is 5.97 Å². The summed E-state index contributed by atoms with van der Waals surface area (Å²) in [6, 6.07) is 13.1. The number of ether oxygens (including phenoxy) is 3. The molecule has 7 heteroatoms. The molecule has 0 fully saturated rings. The third kappa shape index (κ3) is 3.48. The van der Waals surface area contributed by atoms with Crippen LogP contribution in [-0.4, -0.2) is 31.4 Å². The first-order valence-electron chi connectivity index (χ1n) is 10.5. The Morgan fingerprint density at radius 1 is 1.06 bits per heavy atom. The van der Waals surface area contributed by atoms with Gasteiger partial charge in [-0.05, 0) is 54.7 Å². The lowest BCUT2D eigenvalue weighted by Crippen LogP contribution is -2.37. The van der Waals surface area contributed by atoms with Gasteiger partial charge in [-0.1, -0.05) is 29.8 Å². The SMILES string of the molecule is COC(=O)C1C(C)=NC2=C(C(=O)C[C@H](c3ccc(Cl)cc3)C2)[C@H]1c1ccc2c(c1)OCO2. The van der Waals surface area contributed by atoms with E-state index in [0.29, 0.717) is 40.6 Å². The van der Waals surface area contributed by atoms with E-state index in [1.807, 2.05) is 49.4 Å². The minimum atomic E-state index is -0.671. The molecule has 164 valence electrons. The number of methoxy groups -OCH3 is 1. The number of esters is 1. The molecular formula is C25H22ClNO5. The maximum absolute atomic E-state index is 13.5. The smallest absolute Gasteiger partial charge is 0.315 e. The second-order valence-corrected chi connectivity index (χ2v) is 8.72. The van der Waals surface area contributed by atoms with Crippen LogP contribution in [0.5, 0.6) is 11.5 Å². The van der Waals surface area contributed by atoms with Crippen LogP contribution in [0, 0.1) is 5.92 Å². The Morgan fingerprint density at radius 2 is 1.78 bits per heavy atom. The fourth-order valence-electron chi connectivity index (χ4n) is 4.93. The summed E-state index contributed by atoms with van der Waals surface area (Å²) in [5.74, 6) is -0.292. The summed E-state index contributed by atoms with van der Waals surface area (Å²) in [7, 11) is 1.36. The normalized spacial score (nSPS) is 24.2. The monoisotopic (exact) mass is 451 g/mol. The van der Waals surface area contributed by atoms with Gasteiger partial charge in [-0.2, -0.15) is 0 Å². The van der Waals surface area contributed by atoms with Gasteiger partial charge in [-0.25, -0.2) is 0 Å². The van der Waals surface area contributed by atoms with Crippen molar-refractivity contribution in [3.8, 4) is 11.5 Å². The van der Waals surface area contributed by atoms with Gasteiger partial charge in [0.25, 0.3) is 0 Å². The van der Waals surface area contributed by atoms with Crippen LogP contribution in [0.2, 0.25) is 5.02 Å². The molecule has 0 N–H and O–H groups in total. The standard InChI is InChI=1S/C25H22ClNO5/c1-13-22(25(29)30-2)23(15-5-8-20-21(11-15)32-12-31-20)24-18(27-13)9-16(10-19(24)28)14-3-6-17(26)7-4-14/h3-8,11,16,22-23H,9-10,12H2,1-2H3/t16-,22?,23+/m1/s1. The Bertz CT molecular complexity index is 1170. The van der Waals surface area contributed by atoms with E-state index >= 15 is 0 Å². The minimum absolute atomic E-state index is 0.000908. The summed E-state index contributed by atoms with van der Waals surface area (Å²) in [6.45, 7) is 1.97. The number of carbonyl (C=O) groups excluding carboxylic acids is 2. The van der Waals surface area contributed by atoms with E-state index in [4.69, 9.17) is 30.8 Å². The van der Waals surface area contributed by atoms with E-state index < -0.39 is 17.8 Å². The Kier molecular flexibility index (Phi) is 5.25. The van der Waals surface area contributed by atoms with E-state index in [2.05, 4.69) is 0 Å². The average molecular weight is 452 g/mol. The summed E-state index contributed by atoms with van der Waals surface area (Å²) < 4.78 is 16.1. The summed E-state index contributed by atoms with van der Waals surface area (Å²) in [5, 5.41) is 0.658. The van der Waals surface area contributed by atoms with Crippen molar-refractivity contribution in [2.75, 3.05) is 13.9 Å². The minimum Gasteiger partial charge on any atom is -0.468 e. The molecule has 6 nitrogen and oxygen atoms in total.